The number of carbonyl (C=O) groups is 1. The largest absolute Gasteiger partial charge is 0.375 e. The van der Waals surface area contributed by atoms with E-state index in [1.165, 1.54) is 7.11 Å². The molecule has 0 saturated carbocycles. The predicted octanol–water partition coefficient (Wildman–Crippen LogP) is 0.747. The predicted molar refractivity (Wildman–Crippen MR) is 62.6 cm³/mol. The Balaban J connectivity index is 2.00. The van der Waals surface area contributed by atoms with Gasteiger partial charge in [-0.25, -0.2) is 9.97 Å². The highest BCUT2D eigenvalue weighted by molar-refractivity contribution is 5.77. The lowest BCUT2D eigenvalue weighted by molar-refractivity contribution is -0.134. The lowest BCUT2D eigenvalue weighted by atomic mass is 10.1. The molecule has 17 heavy (non-hydrogen) atoms. The van der Waals surface area contributed by atoms with Gasteiger partial charge in [-0.15, -0.1) is 0 Å². The molecule has 2 heterocycles. The van der Waals surface area contributed by atoms with Crippen molar-refractivity contribution in [2.75, 3.05) is 26.8 Å². The van der Waals surface area contributed by atoms with Crippen molar-refractivity contribution in [2.24, 2.45) is 0 Å². The van der Waals surface area contributed by atoms with E-state index in [9.17, 15) is 4.79 Å². The second-order valence-electron chi connectivity index (χ2n) is 4.31. The van der Waals surface area contributed by atoms with Gasteiger partial charge in [0.05, 0.1) is 0 Å². The van der Waals surface area contributed by atoms with Crippen LogP contribution in [0, 0.1) is 6.92 Å². The fraction of sp³-hybridized carbons (Fsp3) is 0.583. The molecule has 1 unspecified atom stereocenters. The summed E-state index contributed by atoms with van der Waals surface area (Å²) in [5.74, 6) is 1.15. The first-order valence-corrected chi connectivity index (χ1v) is 5.77. The molecule has 2 rings (SSSR count). The summed E-state index contributed by atoms with van der Waals surface area (Å²) in [7, 11) is 1.54. The van der Waals surface area contributed by atoms with Crippen molar-refractivity contribution in [2.45, 2.75) is 19.3 Å². The van der Waals surface area contributed by atoms with Crippen molar-refractivity contribution in [1.29, 1.82) is 0 Å². The molecule has 1 aliphatic rings. The molecule has 1 aromatic rings. The third-order valence-corrected chi connectivity index (χ3v) is 2.99. The number of likely N-dealkylation sites (tertiary alicyclic amines) is 1. The normalized spacial score (nSPS) is 19.6. The number of amides is 1. The maximum Gasteiger partial charge on any atom is 0.248 e. The van der Waals surface area contributed by atoms with Gasteiger partial charge in [-0.05, 0) is 19.4 Å². The van der Waals surface area contributed by atoms with Crippen molar-refractivity contribution in [3.8, 4) is 0 Å². The van der Waals surface area contributed by atoms with Crippen LogP contribution < -0.4 is 0 Å². The second kappa shape index (κ2) is 5.23. The molecule has 1 fully saturated rings. The monoisotopic (exact) mass is 235 g/mol. The number of aryl methyl sites for hydroxylation is 1. The molecule has 0 radical (unpaired) electrons. The van der Waals surface area contributed by atoms with Crippen molar-refractivity contribution in [3.63, 3.8) is 0 Å². The molecule has 0 aromatic carbocycles. The molecular formula is C12H17N3O2. The highest BCUT2D eigenvalue weighted by atomic mass is 16.5. The minimum absolute atomic E-state index is 0.0441. The van der Waals surface area contributed by atoms with Crippen LogP contribution in [0.15, 0.2) is 12.3 Å². The maximum atomic E-state index is 11.6. The Morgan fingerprint density at radius 3 is 3.18 bits per heavy atom. The molecule has 0 aliphatic carbocycles. The zero-order valence-electron chi connectivity index (χ0n) is 10.2. The molecule has 1 saturated heterocycles. The second-order valence-corrected chi connectivity index (χ2v) is 4.31. The van der Waals surface area contributed by atoms with Crippen LogP contribution in [0.25, 0.3) is 0 Å². The topological polar surface area (TPSA) is 55.3 Å². The summed E-state index contributed by atoms with van der Waals surface area (Å²) in [6, 6.07) is 1.88. The van der Waals surface area contributed by atoms with Gasteiger partial charge in [0.1, 0.15) is 12.4 Å². The molecule has 1 amide bonds. The Bertz CT molecular complexity index is 408. The van der Waals surface area contributed by atoms with Crippen LogP contribution in [0.2, 0.25) is 0 Å². The summed E-state index contributed by atoms with van der Waals surface area (Å²) < 4.78 is 4.85. The van der Waals surface area contributed by atoms with Gasteiger partial charge < -0.3 is 9.64 Å². The Kier molecular flexibility index (Phi) is 3.68. The smallest absolute Gasteiger partial charge is 0.248 e. The van der Waals surface area contributed by atoms with Gasteiger partial charge >= 0.3 is 0 Å². The van der Waals surface area contributed by atoms with Crippen molar-refractivity contribution >= 4 is 5.91 Å². The third kappa shape index (κ3) is 2.79. The first-order chi connectivity index (χ1) is 8.20. The van der Waals surface area contributed by atoms with E-state index in [0.717, 1.165) is 24.5 Å². The van der Waals surface area contributed by atoms with E-state index in [-0.39, 0.29) is 18.4 Å². The van der Waals surface area contributed by atoms with Crippen LogP contribution in [0.3, 0.4) is 0 Å². The number of hydrogen-bond acceptors (Lipinski definition) is 4. The van der Waals surface area contributed by atoms with Crippen molar-refractivity contribution in [1.82, 2.24) is 14.9 Å². The maximum absolute atomic E-state index is 11.6. The van der Waals surface area contributed by atoms with Crippen molar-refractivity contribution in [3.05, 3.63) is 23.8 Å². The van der Waals surface area contributed by atoms with Gasteiger partial charge in [0.25, 0.3) is 0 Å². The van der Waals surface area contributed by atoms with Gasteiger partial charge in [-0.3, -0.25) is 4.79 Å². The average molecular weight is 235 g/mol. The molecule has 92 valence electrons. The van der Waals surface area contributed by atoms with Crippen LogP contribution in [0.4, 0.5) is 0 Å². The summed E-state index contributed by atoms with van der Waals surface area (Å²) in [4.78, 5) is 22.2. The van der Waals surface area contributed by atoms with E-state index < -0.39 is 0 Å². The van der Waals surface area contributed by atoms with Crippen LogP contribution in [0.1, 0.15) is 23.9 Å². The van der Waals surface area contributed by atoms with Crippen LogP contribution in [-0.2, 0) is 9.53 Å². The summed E-state index contributed by atoms with van der Waals surface area (Å²) in [5, 5.41) is 0. The number of aromatic nitrogens is 2. The molecule has 0 N–H and O–H groups in total. The summed E-state index contributed by atoms with van der Waals surface area (Å²) >= 11 is 0. The van der Waals surface area contributed by atoms with Gasteiger partial charge in [0, 0.05) is 38.0 Å². The van der Waals surface area contributed by atoms with E-state index in [2.05, 4.69) is 9.97 Å². The molecular weight excluding hydrogens is 218 g/mol. The standard InChI is InChI=1S/C12H17N3O2/c1-9-3-5-13-12(14-9)10-4-6-15(7-10)11(16)8-17-2/h3,5,10H,4,6-8H2,1-2H3. The molecule has 5 heteroatoms. The van der Waals surface area contributed by atoms with E-state index >= 15 is 0 Å². The van der Waals surface area contributed by atoms with Gasteiger partial charge in [0.2, 0.25) is 5.91 Å². The van der Waals surface area contributed by atoms with Gasteiger partial charge in [-0.1, -0.05) is 0 Å². The lowest BCUT2D eigenvalue weighted by Crippen LogP contribution is -2.31. The number of hydrogen-bond donors (Lipinski definition) is 0. The Labute approximate surface area is 101 Å². The molecule has 0 spiro atoms. The zero-order valence-corrected chi connectivity index (χ0v) is 10.2. The molecule has 5 nitrogen and oxygen atoms in total. The first kappa shape index (κ1) is 12.0. The summed E-state index contributed by atoms with van der Waals surface area (Å²) in [5.41, 5.74) is 0.969. The minimum atomic E-state index is 0.0441. The van der Waals surface area contributed by atoms with E-state index in [0.29, 0.717) is 6.54 Å². The van der Waals surface area contributed by atoms with Crippen molar-refractivity contribution < 1.29 is 9.53 Å². The van der Waals surface area contributed by atoms with Crippen LogP contribution >= 0.6 is 0 Å². The van der Waals surface area contributed by atoms with E-state index in [1.54, 1.807) is 6.20 Å². The fourth-order valence-corrected chi connectivity index (χ4v) is 2.08. The Morgan fingerprint density at radius 2 is 2.47 bits per heavy atom. The highest BCUT2D eigenvalue weighted by Crippen LogP contribution is 2.24. The number of nitrogens with zero attached hydrogens (tertiary/aromatic N) is 3. The Morgan fingerprint density at radius 1 is 1.65 bits per heavy atom. The first-order valence-electron chi connectivity index (χ1n) is 5.77. The number of ether oxygens (including phenoxy) is 1. The molecule has 1 aromatic heterocycles. The van der Waals surface area contributed by atoms with Crippen LogP contribution in [0.5, 0.6) is 0 Å². The minimum Gasteiger partial charge on any atom is -0.375 e. The summed E-state index contributed by atoms with van der Waals surface area (Å²) in [6.45, 7) is 3.57. The zero-order chi connectivity index (χ0) is 12.3. The van der Waals surface area contributed by atoms with Gasteiger partial charge in [0.15, 0.2) is 0 Å². The Hall–Kier alpha value is -1.49. The van der Waals surface area contributed by atoms with Gasteiger partial charge in [-0.2, -0.15) is 0 Å². The number of rotatable bonds is 3. The number of methoxy groups -OCH3 is 1. The molecule has 1 atom stereocenters. The fourth-order valence-electron chi connectivity index (χ4n) is 2.08. The highest BCUT2D eigenvalue weighted by Gasteiger charge is 2.28. The quantitative estimate of drug-likeness (QED) is 0.775. The van der Waals surface area contributed by atoms with E-state index in [1.807, 2.05) is 17.9 Å². The SMILES string of the molecule is COCC(=O)N1CCC(c2nccc(C)n2)C1. The third-order valence-electron chi connectivity index (χ3n) is 2.99. The van der Waals surface area contributed by atoms with Crippen LogP contribution in [-0.4, -0.2) is 47.6 Å². The average Bonchev–Trinajstić information content (AvgIpc) is 2.78. The molecule has 1 aliphatic heterocycles. The molecule has 0 bridgehead atoms. The summed E-state index contributed by atoms with van der Waals surface area (Å²) in [6.07, 6.45) is 2.70. The van der Waals surface area contributed by atoms with E-state index in [4.69, 9.17) is 4.74 Å². The number of carbonyl (C=O) groups excluding carboxylic acids is 1. The lowest BCUT2D eigenvalue weighted by Gasteiger charge is -2.15.